The topological polar surface area (TPSA) is 89.5 Å². The first kappa shape index (κ1) is 14.9. The molecule has 0 aromatic heterocycles. The maximum absolute atomic E-state index is 13.5. The molecule has 7 heteroatoms. The molecule has 1 aliphatic carbocycles. The van der Waals surface area contributed by atoms with Gasteiger partial charge >= 0.3 is 0 Å². The van der Waals surface area contributed by atoms with Crippen molar-refractivity contribution in [3.05, 3.63) is 39.7 Å². The number of likely N-dealkylation sites (tertiary alicyclic amines) is 1. The van der Waals surface area contributed by atoms with Gasteiger partial charge in [0.1, 0.15) is 5.82 Å². The second-order valence-corrected chi connectivity index (χ2v) is 6.18. The van der Waals surface area contributed by atoms with Gasteiger partial charge in [-0.05, 0) is 30.7 Å². The van der Waals surface area contributed by atoms with Crippen molar-refractivity contribution in [3.8, 4) is 0 Å². The normalized spacial score (nSPS) is 27.5. The Kier molecular flexibility index (Phi) is 3.82. The Morgan fingerprint density at radius 2 is 2.09 bits per heavy atom. The molecular weight excluding hydrogens is 289 g/mol. The molecule has 1 aromatic rings. The molecule has 0 radical (unpaired) electrons. The number of carbonyl (C=O) groups is 1. The van der Waals surface area contributed by atoms with E-state index in [2.05, 4.69) is 0 Å². The van der Waals surface area contributed by atoms with Crippen LogP contribution >= 0.6 is 0 Å². The Bertz CT molecular complexity index is 622. The molecule has 0 spiro atoms. The Morgan fingerprint density at radius 1 is 1.32 bits per heavy atom. The second-order valence-electron chi connectivity index (χ2n) is 6.18. The van der Waals surface area contributed by atoms with Crippen LogP contribution in [-0.4, -0.2) is 34.9 Å². The number of non-ortho nitro benzene ring substituents is 1. The minimum Gasteiger partial charge on any atom is -0.338 e. The zero-order valence-electron chi connectivity index (χ0n) is 12.1. The number of rotatable bonds is 2. The Balaban J connectivity index is 1.81. The molecule has 1 saturated carbocycles. The fourth-order valence-electron chi connectivity index (χ4n) is 3.67. The van der Waals surface area contributed by atoms with Crippen molar-refractivity contribution in [3.63, 3.8) is 0 Å². The van der Waals surface area contributed by atoms with Crippen molar-refractivity contribution in [2.45, 2.75) is 25.3 Å². The Labute approximate surface area is 127 Å². The molecule has 3 unspecified atom stereocenters. The van der Waals surface area contributed by atoms with Gasteiger partial charge in [0.05, 0.1) is 11.0 Å². The van der Waals surface area contributed by atoms with Gasteiger partial charge in [0, 0.05) is 30.8 Å². The minimum absolute atomic E-state index is 0.0268. The quantitative estimate of drug-likeness (QED) is 0.668. The van der Waals surface area contributed by atoms with E-state index in [1.165, 1.54) is 0 Å². The molecule has 1 amide bonds. The van der Waals surface area contributed by atoms with Gasteiger partial charge in [-0.1, -0.05) is 6.42 Å². The molecule has 0 bridgehead atoms. The molecule has 3 atom stereocenters. The molecule has 2 aliphatic rings. The molecule has 22 heavy (non-hydrogen) atoms. The zero-order chi connectivity index (χ0) is 15.9. The lowest BCUT2D eigenvalue weighted by molar-refractivity contribution is -0.385. The summed E-state index contributed by atoms with van der Waals surface area (Å²) in [5.41, 5.74) is 5.74. The molecule has 1 heterocycles. The number of benzene rings is 1. The van der Waals surface area contributed by atoms with Crippen LogP contribution in [0.25, 0.3) is 0 Å². The standard InChI is InChI=1S/C15H18FN3O3/c16-11-4-10(5-12(6-11)19(21)22)15(20)18-7-9-2-1-3-14(17)13(9)8-18/h4-6,9,13-14H,1-3,7-8,17H2. The van der Waals surface area contributed by atoms with Crippen molar-refractivity contribution in [2.24, 2.45) is 17.6 Å². The summed E-state index contributed by atoms with van der Waals surface area (Å²) < 4.78 is 13.5. The number of carbonyl (C=O) groups excluding carboxylic acids is 1. The van der Waals surface area contributed by atoms with Gasteiger partial charge in [-0.3, -0.25) is 14.9 Å². The molecule has 118 valence electrons. The van der Waals surface area contributed by atoms with Crippen LogP contribution in [0.2, 0.25) is 0 Å². The van der Waals surface area contributed by atoms with Gasteiger partial charge in [0.15, 0.2) is 0 Å². The number of hydrogen-bond acceptors (Lipinski definition) is 4. The van der Waals surface area contributed by atoms with E-state index in [1.807, 2.05) is 0 Å². The van der Waals surface area contributed by atoms with Gasteiger partial charge in [0.25, 0.3) is 11.6 Å². The van der Waals surface area contributed by atoms with Crippen LogP contribution in [0, 0.1) is 27.8 Å². The van der Waals surface area contributed by atoms with E-state index >= 15 is 0 Å². The summed E-state index contributed by atoms with van der Waals surface area (Å²) in [7, 11) is 0. The lowest BCUT2D eigenvalue weighted by Crippen LogP contribution is -2.38. The third-order valence-electron chi connectivity index (χ3n) is 4.78. The SMILES string of the molecule is NC1CCCC2CN(C(=O)c3cc(F)cc([N+](=O)[O-])c3)CC12. The first-order chi connectivity index (χ1) is 10.5. The summed E-state index contributed by atoms with van der Waals surface area (Å²) in [5, 5.41) is 10.8. The van der Waals surface area contributed by atoms with Gasteiger partial charge in [0.2, 0.25) is 0 Å². The van der Waals surface area contributed by atoms with Crippen LogP contribution in [0.1, 0.15) is 29.6 Å². The van der Waals surface area contributed by atoms with E-state index in [-0.39, 0.29) is 23.4 Å². The number of nitro groups is 1. The summed E-state index contributed by atoms with van der Waals surface area (Å²) in [5.74, 6) is -0.465. The predicted octanol–water partition coefficient (Wildman–Crippen LogP) is 1.93. The highest BCUT2D eigenvalue weighted by Crippen LogP contribution is 2.36. The molecule has 1 aromatic carbocycles. The number of halogens is 1. The van der Waals surface area contributed by atoms with Gasteiger partial charge in [-0.15, -0.1) is 0 Å². The number of fused-ring (bicyclic) bond motifs is 1. The molecule has 6 nitrogen and oxygen atoms in total. The van der Waals surface area contributed by atoms with Crippen molar-refractivity contribution >= 4 is 11.6 Å². The molecular formula is C15H18FN3O3. The predicted molar refractivity (Wildman–Crippen MR) is 77.8 cm³/mol. The van der Waals surface area contributed by atoms with Crippen LogP contribution in [0.4, 0.5) is 10.1 Å². The third kappa shape index (κ3) is 2.68. The van der Waals surface area contributed by atoms with Crippen molar-refractivity contribution in [1.29, 1.82) is 0 Å². The van der Waals surface area contributed by atoms with E-state index in [1.54, 1.807) is 4.90 Å². The maximum atomic E-state index is 13.5. The second kappa shape index (κ2) is 5.64. The first-order valence-corrected chi connectivity index (χ1v) is 7.45. The summed E-state index contributed by atoms with van der Waals surface area (Å²) in [4.78, 5) is 24.3. The number of nitrogens with two attached hydrogens (primary N) is 1. The van der Waals surface area contributed by atoms with E-state index in [9.17, 15) is 19.3 Å². The molecule has 1 aliphatic heterocycles. The van der Waals surface area contributed by atoms with Crippen molar-refractivity contribution in [1.82, 2.24) is 4.90 Å². The largest absolute Gasteiger partial charge is 0.338 e. The lowest BCUT2D eigenvalue weighted by atomic mass is 9.78. The first-order valence-electron chi connectivity index (χ1n) is 7.45. The molecule has 2 fully saturated rings. The third-order valence-corrected chi connectivity index (χ3v) is 4.78. The smallest absolute Gasteiger partial charge is 0.273 e. The van der Waals surface area contributed by atoms with Crippen LogP contribution in [-0.2, 0) is 0 Å². The average Bonchev–Trinajstić information content (AvgIpc) is 2.91. The van der Waals surface area contributed by atoms with Crippen molar-refractivity contribution < 1.29 is 14.1 Å². The Morgan fingerprint density at radius 3 is 2.77 bits per heavy atom. The Hall–Kier alpha value is -2.02. The van der Waals surface area contributed by atoms with Crippen molar-refractivity contribution in [2.75, 3.05) is 13.1 Å². The maximum Gasteiger partial charge on any atom is 0.273 e. The van der Waals surface area contributed by atoms with Crippen LogP contribution < -0.4 is 5.73 Å². The summed E-state index contributed by atoms with van der Waals surface area (Å²) in [6.45, 7) is 1.15. The van der Waals surface area contributed by atoms with E-state index in [0.29, 0.717) is 19.0 Å². The van der Waals surface area contributed by atoms with Crippen LogP contribution in [0.15, 0.2) is 18.2 Å². The highest BCUT2D eigenvalue weighted by atomic mass is 19.1. The van der Waals surface area contributed by atoms with Gasteiger partial charge in [-0.25, -0.2) is 4.39 Å². The monoisotopic (exact) mass is 307 g/mol. The van der Waals surface area contributed by atoms with E-state index in [0.717, 1.165) is 37.5 Å². The van der Waals surface area contributed by atoms with Crippen LogP contribution in [0.5, 0.6) is 0 Å². The molecule has 1 saturated heterocycles. The van der Waals surface area contributed by atoms with Gasteiger partial charge < -0.3 is 10.6 Å². The van der Waals surface area contributed by atoms with E-state index < -0.39 is 16.4 Å². The fraction of sp³-hybridized carbons (Fsp3) is 0.533. The van der Waals surface area contributed by atoms with Crippen LogP contribution in [0.3, 0.4) is 0 Å². The van der Waals surface area contributed by atoms with Gasteiger partial charge in [-0.2, -0.15) is 0 Å². The summed E-state index contributed by atoms with van der Waals surface area (Å²) in [6.07, 6.45) is 3.08. The summed E-state index contributed by atoms with van der Waals surface area (Å²) >= 11 is 0. The molecule has 3 rings (SSSR count). The number of nitrogens with zero attached hydrogens (tertiary/aromatic N) is 2. The number of nitro benzene ring substituents is 1. The summed E-state index contributed by atoms with van der Waals surface area (Å²) in [6, 6.07) is 3.10. The average molecular weight is 307 g/mol. The number of hydrogen-bond donors (Lipinski definition) is 1. The van der Waals surface area contributed by atoms with E-state index in [4.69, 9.17) is 5.73 Å². The highest BCUT2D eigenvalue weighted by molar-refractivity contribution is 5.95. The highest BCUT2D eigenvalue weighted by Gasteiger charge is 2.40. The lowest BCUT2D eigenvalue weighted by Gasteiger charge is -2.29. The fourth-order valence-corrected chi connectivity index (χ4v) is 3.67. The molecule has 2 N–H and O–H groups in total. The zero-order valence-corrected chi connectivity index (χ0v) is 12.1. The minimum atomic E-state index is -0.772. The number of amides is 1.